The summed E-state index contributed by atoms with van der Waals surface area (Å²) in [4.78, 5) is 20.1. The number of aromatic nitrogens is 2. The molecule has 0 aliphatic carbocycles. The SMILES string of the molecule is CSC1CCN(c2ncnc(Cl)c2[N+](=O)[O-])CC1. The zero-order valence-electron chi connectivity index (χ0n) is 9.87. The summed E-state index contributed by atoms with van der Waals surface area (Å²) in [5, 5.41) is 11.5. The maximum atomic E-state index is 11.0. The van der Waals surface area contributed by atoms with Gasteiger partial charge in [0.25, 0.3) is 0 Å². The van der Waals surface area contributed by atoms with Crippen molar-refractivity contribution in [2.75, 3.05) is 24.2 Å². The molecule has 8 heteroatoms. The second-order valence-electron chi connectivity index (χ2n) is 4.02. The number of hydrogen-bond acceptors (Lipinski definition) is 6. The molecule has 1 fully saturated rings. The first-order valence-electron chi connectivity index (χ1n) is 5.56. The van der Waals surface area contributed by atoms with Crippen molar-refractivity contribution in [2.24, 2.45) is 0 Å². The summed E-state index contributed by atoms with van der Waals surface area (Å²) in [7, 11) is 0. The molecule has 2 rings (SSSR count). The van der Waals surface area contributed by atoms with Crippen molar-refractivity contribution in [3.63, 3.8) is 0 Å². The van der Waals surface area contributed by atoms with Crippen LogP contribution in [0.4, 0.5) is 11.5 Å². The molecule has 0 bridgehead atoms. The van der Waals surface area contributed by atoms with Crippen LogP contribution in [0.15, 0.2) is 6.33 Å². The Morgan fingerprint density at radius 2 is 2.17 bits per heavy atom. The quantitative estimate of drug-likeness (QED) is 0.483. The van der Waals surface area contributed by atoms with E-state index in [2.05, 4.69) is 16.2 Å². The lowest BCUT2D eigenvalue weighted by Gasteiger charge is -2.31. The third-order valence-corrected chi connectivity index (χ3v) is 4.43. The summed E-state index contributed by atoms with van der Waals surface area (Å²) in [6, 6.07) is 0. The Morgan fingerprint density at radius 3 is 2.72 bits per heavy atom. The fourth-order valence-electron chi connectivity index (χ4n) is 2.04. The standard InChI is InChI=1S/C10H13ClN4O2S/c1-18-7-2-4-14(5-3-7)10-8(15(16)17)9(11)12-6-13-10/h6-7H,2-5H2,1H3. The number of anilines is 1. The lowest BCUT2D eigenvalue weighted by molar-refractivity contribution is -0.384. The van der Waals surface area contributed by atoms with Crippen LogP contribution in [0.2, 0.25) is 5.15 Å². The molecule has 0 saturated carbocycles. The Hall–Kier alpha value is -1.08. The number of hydrogen-bond donors (Lipinski definition) is 0. The molecule has 0 aromatic carbocycles. The van der Waals surface area contributed by atoms with E-state index < -0.39 is 4.92 Å². The molecule has 0 radical (unpaired) electrons. The molecular formula is C10H13ClN4O2S. The Kier molecular flexibility index (Phi) is 4.23. The predicted octanol–water partition coefficient (Wildman–Crippen LogP) is 2.37. The topological polar surface area (TPSA) is 72.2 Å². The van der Waals surface area contributed by atoms with Crippen LogP contribution in [-0.2, 0) is 0 Å². The molecule has 98 valence electrons. The monoisotopic (exact) mass is 288 g/mol. The number of rotatable bonds is 3. The van der Waals surface area contributed by atoms with Crippen molar-refractivity contribution >= 4 is 34.9 Å². The molecule has 6 nitrogen and oxygen atoms in total. The molecule has 0 N–H and O–H groups in total. The van der Waals surface area contributed by atoms with Crippen molar-refractivity contribution in [1.29, 1.82) is 0 Å². The van der Waals surface area contributed by atoms with Crippen LogP contribution in [-0.4, -0.2) is 39.5 Å². The van der Waals surface area contributed by atoms with Crippen molar-refractivity contribution in [1.82, 2.24) is 9.97 Å². The molecule has 0 spiro atoms. The Morgan fingerprint density at radius 1 is 1.50 bits per heavy atom. The van der Waals surface area contributed by atoms with Gasteiger partial charge in [0.15, 0.2) is 0 Å². The van der Waals surface area contributed by atoms with E-state index in [1.807, 2.05) is 16.7 Å². The van der Waals surface area contributed by atoms with Crippen molar-refractivity contribution < 1.29 is 4.92 Å². The van der Waals surface area contributed by atoms with Crippen LogP contribution in [0.3, 0.4) is 0 Å². The fraction of sp³-hybridized carbons (Fsp3) is 0.600. The highest BCUT2D eigenvalue weighted by atomic mass is 35.5. The highest BCUT2D eigenvalue weighted by Crippen LogP contribution is 2.33. The molecular weight excluding hydrogens is 276 g/mol. The average molecular weight is 289 g/mol. The van der Waals surface area contributed by atoms with Gasteiger partial charge in [-0.15, -0.1) is 0 Å². The van der Waals surface area contributed by atoms with Gasteiger partial charge in [0.05, 0.1) is 4.92 Å². The van der Waals surface area contributed by atoms with Crippen LogP contribution in [0.1, 0.15) is 12.8 Å². The van der Waals surface area contributed by atoms with Crippen LogP contribution in [0, 0.1) is 10.1 Å². The van der Waals surface area contributed by atoms with E-state index in [9.17, 15) is 10.1 Å². The smallest absolute Gasteiger partial charge is 0.348 e. The first kappa shape index (κ1) is 13.4. The van der Waals surface area contributed by atoms with E-state index in [1.54, 1.807) is 0 Å². The van der Waals surface area contributed by atoms with Crippen molar-refractivity contribution in [3.05, 3.63) is 21.6 Å². The summed E-state index contributed by atoms with van der Waals surface area (Å²) in [6.07, 6.45) is 5.36. The highest BCUT2D eigenvalue weighted by Gasteiger charge is 2.28. The van der Waals surface area contributed by atoms with E-state index in [4.69, 9.17) is 11.6 Å². The zero-order valence-corrected chi connectivity index (χ0v) is 11.4. The van der Waals surface area contributed by atoms with Gasteiger partial charge in [-0.1, -0.05) is 11.6 Å². The first-order valence-corrected chi connectivity index (χ1v) is 7.22. The number of halogens is 1. The molecule has 1 aliphatic rings. The molecule has 1 aliphatic heterocycles. The second-order valence-corrected chi connectivity index (χ2v) is 5.51. The summed E-state index contributed by atoms with van der Waals surface area (Å²) in [6.45, 7) is 1.53. The minimum atomic E-state index is -0.516. The lowest BCUT2D eigenvalue weighted by atomic mass is 10.1. The van der Waals surface area contributed by atoms with Gasteiger partial charge in [-0.2, -0.15) is 11.8 Å². The van der Waals surface area contributed by atoms with Crippen molar-refractivity contribution in [2.45, 2.75) is 18.1 Å². The third-order valence-electron chi connectivity index (χ3n) is 3.02. The fourth-order valence-corrected chi connectivity index (χ4v) is 2.92. The number of nitrogens with zero attached hydrogens (tertiary/aromatic N) is 4. The van der Waals surface area contributed by atoms with Crippen LogP contribution >= 0.6 is 23.4 Å². The van der Waals surface area contributed by atoms with Gasteiger partial charge >= 0.3 is 5.69 Å². The molecule has 0 unspecified atom stereocenters. The van der Waals surface area contributed by atoms with Crippen LogP contribution in [0.5, 0.6) is 0 Å². The van der Waals surface area contributed by atoms with Crippen LogP contribution in [0.25, 0.3) is 0 Å². The third kappa shape index (κ3) is 2.67. The largest absolute Gasteiger partial charge is 0.351 e. The van der Waals surface area contributed by atoms with E-state index in [0.717, 1.165) is 25.9 Å². The normalized spacial score (nSPS) is 16.9. The molecule has 1 aromatic rings. The Bertz CT molecular complexity index is 452. The van der Waals surface area contributed by atoms with E-state index >= 15 is 0 Å². The molecule has 1 saturated heterocycles. The maximum Gasteiger partial charge on any atom is 0.348 e. The lowest BCUT2D eigenvalue weighted by Crippen LogP contribution is -2.35. The minimum absolute atomic E-state index is 0.100. The van der Waals surface area contributed by atoms with Gasteiger partial charge in [-0.25, -0.2) is 9.97 Å². The van der Waals surface area contributed by atoms with E-state index in [0.29, 0.717) is 11.1 Å². The second kappa shape index (κ2) is 5.71. The van der Waals surface area contributed by atoms with Gasteiger partial charge < -0.3 is 4.90 Å². The highest BCUT2D eigenvalue weighted by molar-refractivity contribution is 7.99. The van der Waals surface area contributed by atoms with E-state index in [1.165, 1.54) is 6.33 Å². The van der Waals surface area contributed by atoms with Gasteiger partial charge in [0, 0.05) is 18.3 Å². The summed E-state index contributed by atoms with van der Waals surface area (Å²) in [5.74, 6) is 0.333. The summed E-state index contributed by atoms with van der Waals surface area (Å²) in [5.41, 5.74) is -0.193. The van der Waals surface area contributed by atoms with Gasteiger partial charge in [-0.05, 0) is 19.1 Å². The molecule has 2 heterocycles. The van der Waals surface area contributed by atoms with Gasteiger partial charge in [0.1, 0.15) is 6.33 Å². The predicted molar refractivity (Wildman–Crippen MR) is 72.4 cm³/mol. The van der Waals surface area contributed by atoms with Crippen molar-refractivity contribution in [3.8, 4) is 0 Å². The molecule has 0 amide bonds. The minimum Gasteiger partial charge on any atom is -0.351 e. The first-order chi connectivity index (χ1) is 8.63. The molecule has 0 atom stereocenters. The average Bonchev–Trinajstić information content (AvgIpc) is 2.38. The van der Waals surface area contributed by atoms with Gasteiger partial charge in [0.2, 0.25) is 11.0 Å². The van der Waals surface area contributed by atoms with Gasteiger partial charge in [-0.3, -0.25) is 10.1 Å². The summed E-state index contributed by atoms with van der Waals surface area (Å²) >= 11 is 7.61. The zero-order chi connectivity index (χ0) is 13.1. The Labute approximate surface area is 114 Å². The number of nitro groups is 1. The maximum absolute atomic E-state index is 11.0. The Balaban J connectivity index is 2.24. The number of piperidine rings is 1. The van der Waals surface area contributed by atoms with Crippen LogP contribution < -0.4 is 4.90 Å². The molecule has 18 heavy (non-hydrogen) atoms. The van der Waals surface area contributed by atoms with E-state index in [-0.39, 0.29) is 10.8 Å². The molecule has 1 aromatic heterocycles. The summed E-state index contributed by atoms with van der Waals surface area (Å²) < 4.78 is 0. The number of thioether (sulfide) groups is 1.